The molecule has 2 N–H and O–H groups in total. The van der Waals surface area contributed by atoms with Crippen molar-refractivity contribution < 1.29 is 9.59 Å². The van der Waals surface area contributed by atoms with E-state index in [4.69, 9.17) is 0 Å². The standard InChI is InChI=1S/C16H23N3O2/c1-11-6-5-7-12(8-11)17-15(21)18-13-9-14(20)19(10-13)16(2,3)4/h5-8,13H,9-10H2,1-4H3,(H2,17,18,21). The Morgan fingerprint density at radius 1 is 1.33 bits per heavy atom. The Morgan fingerprint density at radius 2 is 2.05 bits per heavy atom. The molecule has 0 saturated carbocycles. The summed E-state index contributed by atoms with van der Waals surface area (Å²) in [5.74, 6) is 0.0864. The number of amides is 3. The van der Waals surface area contributed by atoms with Gasteiger partial charge in [-0.2, -0.15) is 0 Å². The molecule has 1 atom stereocenters. The van der Waals surface area contributed by atoms with Crippen LogP contribution < -0.4 is 10.6 Å². The van der Waals surface area contributed by atoms with E-state index in [-0.39, 0.29) is 23.5 Å². The molecule has 1 unspecified atom stereocenters. The first-order valence-corrected chi connectivity index (χ1v) is 7.20. The minimum absolute atomic E-state index is 0.0864. The first kappa shape index (κ1) is 15.4. The topological polar surface area (TPSA) is 61.4 Å². The van der Waals surface area contributed by atoms with Gasteiger partial charge < -0.3 is 15.5 Å². The van der Waals surface area contributed by atoms with E-state index in [9.17, 15) is 9.59 Å². The molecular weight excluding hydrogens is 266 g/mol. The Bertz CT molecular complexity index is 549. The summed E-state index contributed by atoms with van der Waals surface area (Å²) >= 11 is 0. The Balaban J connectivity index is 1.91. The molecule has 3 amide bonds. The van der Waals surface area contributed by atoms with Crippen molar-refractivity contribution in [2.24, 2.45) is 0 Å². The molecule has 0 aromatic heterocycles. The molecule has 1 aromatic carbocycles. The molecule has 1 heterocycles. The van der Waals surface area contributed by atoms with Gasteiger partial charge in [-0.1, -0.05) is 12.1 Å². The number of anilines is 1. The van der Waals surface area contributed by atoms with Crippen molar-refractivity contribution in [1.82, 2.24) is 10.2 Å². The quantitative estimate of drug-likeness (QED) is 0.879. The lowest BCUT2D eigenvalue weighted by Gasteiger charge is -2.32. The van der Waals surface area contributed by atoms with Crippen molar-refractivity contribution in [3.05, 3.63) is 29.8 Å². The van der Waals surface area contributed by atoms with E-state index in [1.54, 1.807) is 0 Å². The largest absolute Gasteiger partial charge is 0.336 e. The molecule has 1 saturated heterocycles. The molecule has 0 radical (unpaired) electrons. The van der Waals surface area contributed by atoms with Crippen LogP contribution in [0.25, 0.3) is 0 Å². The summed E-state index contributed by atoms with van der Waals surface area (Å²) in [5, 5.41) is 5.66. The van der Waals surface area contributed by atoms with E-state index < -0.39 is 0 Å². The number of nitrogens with zero attached hydrogens (tertiary/aromatic N) is 1. The fraction of sp³-hybridized carbons (Fsp3) is 0.500. The molecule has 0 aliphatic carbocycles. The summed E-state index contributed by atoms with van der Waals surface area (Å²) in [7, 11) is 0. The van der Waals surface area contributed by atoms with Crippen molar-refractivity contribution in [2.45, 2.75) is 45.7 Å². The maximum Gasteiger partial charge on any atom is 0.319 e. The second kappa shape index (κ2) is 5.76. The van der Waals surface area contributed by atoms with Crippen LogP contribution in [0.2, 0.25) is 0 Å². The van der Waals surface area contributed by atoms with E-state index in [2.05, 4.69) is 10.6 Å². The van der Waals surface area contributed by atoms with Crippen LogP contribution in [-0.4, -0.2) is 35.0 Å². The summed E-state index contributed by atoms with van der Waals surface area (Å²) < 4.78 is 0. The van der Waals surface area contributed by atoms with Crippen LogP contribution in [0, 0.1) is 6.92 Å². The molecular formula is C16H23N3O2. The normalized spacial score (nSPS) is 18.8. The van der Waals surface area contributed by atoms with E-state index in [0.29, 0.717) is 13.0 Å². The van der Waals surface area contributed by atoms with Gasteiger partial charge in [0.25, 0.3) is 0 Å². The van der Waals surface area contributed by atoms with E-state index >= 15 is 0 Å². The fourth-order valence-corrected chi connectivity index (χ4v) is 2.53. The Morgan fingerprint density at radius 3 is 2.62 bits per heavy atom. The van der Waals surface area contributed by atoms with Gasteiger partial charge in [0.2, 0.25) is 5.91 Å². The Hall–Kier alpha value is -2.04. The van der Waals surface area contributed by atoms with Crippen LogP contribution in [0.5, 0.6) is 0 Å². The third-order valence-electron chi connectivity index (χ3n) is 3.55. The molecule has 1 aliphatic rings. The van der Waals surface area contributed by atoms with E-state index in [1.165, 1.54) is 0 Å². The first-order chi connectivity index (χ1) is 9.75. The number of urea groups is 1. The second-order valence-electron chi connectivity index (χ2n) is 6.54. The van der Waals surface area contributed by atoms with Crippen LogP contribution in [0.15, 0.2) is 24.3 Å². The predicted octanol–water partition coefficient (Wildman–Crippen LogP) is 2.52. The fourth-order valence-electron chi connectivity index (χ4n) is 2.53. The zero-order chi connectivity index (χ0) is 15.6. The highest BCUT2D eigenvalue weighted by Gasteiger charge is 2.36. The number of aryl methyl sites for hydroxylation is 1. The zero-order valence-electron chi connectivity index (χ0n) is 13.1. The third-order valence-corrected chi connectivity index (χ3v) is 3.55. The summed E-state index contributed by atoms with van der Waals surface area (Å²) in [6.45, 7) is 8.53. The maximum atomic E-state index is 12.0. The number of hydrogen-bond acceptors (Lipinski definition) is 2. The summed E-state index contributed by atoms with van der Waals surface area (Å²) in [6.07, 6.45) is 0.360. The molecule has 2 rings (SSSR count). The Kier molecular flexibility index (Phi) is 4.21. The number of carbonyl (C=O) groups excluding carboxylic acids is 2. The molecule has 1 fully saturated rings. The number of hydrogen-bond donors (Lipinski definition) is 2. The molecule has 1 aliphatic heterocycles. The lowest BCUT2D eigenvalue weighted by Crippen LogP contribution is -2.45. The SMILES string of the molecule is Cc1cccc(NC(=O)NC2CC(=O)N(C(C)(C)C)C2)c1. The van der Waals surface area contributed by atoms with Gasteiger partial charge in [-0.3, -0.25) is 4.79 Å². The lowest BCUT2D eigenvalue weighted by molar-refractivity contribution is -0.131. The van der Waals surface area contributed by atoms with Gasteiger partial charge in [-0.15, -0.1) is 0 Å². The van der Waals surface area contributed by atoms with E-state index in [0.717, 1.165) is 11.3 Å². The van der Waals surface area contributed by atoms with Crippen molar-refractivity contribution in [2.75, 3.05) is 11.9 Å². The zero-order valence-corrected chi connectivity index (χ0v) is 13.1. The number of likely N-dealkylation sites (tertiary alicyclic amines) is 1. The lowest BCUT2D eigenvalue weighted by atomic mass is 10.1. The number of rotatable bonds is 2. The van der Waals surface area contributed by atoms with Gasteiger partial charge in [0.15, 0.2) is 0 Å². The van der Waals surface area contributed by atoms with Crippen LogP contribution in [0.4, 0.5) is 10.5 Å². The van der Waals surface area contributed by atoms with Crippen LogP contribution in [0.1, 0.15) is 32.8 Å². The minimum Gasteiger partial charge on any atom is -0.336 e. The van der Waals surface area contributed by atoms with Crippen LogP contribution in [-0.2, 0) is 4.79 Å². The van der Waals surface area contributed by atoms with E-state index in [1.807, 2.05) is 56.9 Å². The van der Waals surface area contributed by atoms with Crippen LogP contribution in [0.3, 0.4) is 0 Å². The van der Waals surface area contributed by atoms with Crippen molar-refractivity contribution in [3.63, 3.8) is 0 Å². The number of carbonyl (C=O) groups is 2. The second-order valence-corrected chi connectivity index (χ2v) is 6.54. The highest BCUT2D eigenvalue weighted by atomic mass is 16.2. The predicted molar refractivity (Wildman–Crippen MR) is 83.2 cm³/mol. The van der Waals surface area contributed by atoms with Gasteiger partial charge in [-0.05, 0) is 45.4 Å². The van der Waals surface area contributed by atoms with Crippen molar-refractivity contribution in [1.29, 1.82) is 0 Å². The third kappa shape index (κ3) is 3.97. The van der Waals surface area contributed by atoms with Gasteiger partial charge in [0.1, 0.15) is 0 Å². The van der Waals surface area contributed by atoms with Gasteiger partial charge >= 0.3 is 6.03 Å². The minimum atomic E-state index is -0.269. The molecule has 0 spiro atoms. The maximum absolute atomic E-state index is 12.0. The molecule has 1 aromatic rings. The first-order valence-electron chi connectivity index (χ1n) is 7.20. The molecule has 5 heteroatoms. The van der Waals surface area contributed by atoms with Gasteiger partial charge in [0.05, 0.1) is 6.04 Å². The number of benzene rings is 1. The summed E-state index contributed by atoms with van der Waals surface area (Å²) in [6, 6.07) is 7.20. The Labute approximate surface area is 125 Å². The molecule has 21 heavy (non-hydrogen) atoms. The summed E-state index contributed by atoms with van der Waals surface area (Å²) in [5.41, 5.74) is 1.63. The summed E-state index contributed by atoms with van der Waals surface area (Å²) in [4.78, 5) is 25.8. The van der Waals surface area contributed by atoms with Gasteiger partial charge in [-0.25, -0.2) is 4.79 Å². The number of nitrogens with one attached hydrogen (secondary N) is 2. The van der Waals surface area contributed by atoms with Crippen molar-refractivity contribution >= 4 is 17.6 Å². The van der Waals surface area contributed by atoms with Crippen molar-refractivity contribution in [3.8, 4) is 0 Å². The highest BCUT2D eigenvalue weighted by Crippen LogP contribution is 2.22. The molecule has 0 bridgehead atoms. The van der Waals surface area contributed by atoms with Gasteiger partial charge in [0, 0.05) is 24.2 Å². The smallest absolute Gasteiger partial charge is 0.319 e. The highest BCUT2D eigenvalue weighted by molar-refractivity contribution is 5.90. The monoisotopic (exact) mass is 289 g/mol. The molecule has 5 nitrogen and oxygen atoms in total. The average molecular weight is 289 g/mol. The van der Waals surface area contributed by atoms with Crippen LogP contribution >= 0.6 is 0 Å². The molecule has 114 valence electrons. The average Bonchev–Trinajstić information content (AvgIpc) is 2.69.